The number of thioether (sulfide) groups is 1. The third-order valence-corrected chi connectivity index (χ3v) is 5.37. The van der Waals surface area contributed by atoms with Crippen molar-refractivity contribution in [2.45, 2.75) is 12.5 Å². The minimum Gasteiger partial charge on any atom is -0.394 e. The zero-order valence-electron chi connectivity index (χ0n) is 15.4. The van der Waals surface area contributed by atoms with E-state index < -0.39 is 29.6 Å². The lowest BCUT2D eigenvalue weighted by molar-refractivity contribution is -0.129. The van der Waals surface area contributed by atoms with Gasteiger partial charge in [-0.25, -0.2) is 0 Å². The molecule has 1 aliphatic rings. The number of carbonyl (C=O) groups excluding carboxylic acids is 3. The maximum absolute atomic E-state index is 12.5. The lowest BCUT2D eigenvalue weighted by atomic mass is 10.1. The highest BCUT2D eigenvalue weighted by Crippen LogP contribution is 2.32. The van der Waals surface area contributed by atoms with Crippen LogP contribution in [0.2, 0.25) is 5.02 Å². The SMILES string of the molecule is O=C(CN1C(=O)S/C(=C\c2cccc(Cl)c2)C1=O)N[C@H](CO)Cc1ccccc1. The zero-order valence-corrected chi connectivity index (χ0v) is 16.9. The Morgan fingerprint density at radius 3 is 2.62 bits per heavy atom. The van der Waals surface area contributed by atoms with Crippen molar-refractivity contribution in [3.63, 3.8) is 0 Å². The van der Waals surface area contributed by atoms with E-state index in [1.807, 2.05) is 30.3 Å². The highest BCUT2D eigenvalue weighted by atomic mass is 35.5. The van der Waals surface area contributed by atoms with Gasteiger partial charge in [-0.3, -0.25) is 19.3 Å². The van der Waals surface area contributed by atoms with Gasteiger partial charge in [-0.15, -0.1) is 0 Å². The molecule has 0 radical (unpaired) electrons. The largest absolute Gasteiger partial charge is 0.394 e. The minimum absolute atomic E-state index is 0.230. The van der Waals surface area contributed by atoms with Crippen molar-refractivity contribution in [3.8, 4) is 0 Å². The number of aliphatic hydroxyl groups excluding tert-OH is 1. The normalized spacial score (nSPS) is 16.3. The molecule has 1 aliphatic heterocycles. The summed E-state index contributed by atoms with van der Waals surface area (Å²) in [5.74, 6) is -1.04. The molecule has 3 rings (SSSR count). The molecule has 1 fully saturated rings. The lowest BCUT2D eigenvalue weighted by Crippen LogP contribution is -2.45. The summed E-state index contributed by atoms with van der Waals surface area (Å²) in [7, 11) is 0. The number of aliphatic hydroxyl groups is 1. The van der Waals surface area contributed by atoms with Crippen molar-refractivity contribution in [1.82, 2.24) is 10.2 Å². The monoisotopic (exact) mass is 430 g/mol. The van der Waals surface area contributed by atoms with Crippen molar-refractivity contribution in [1.29, 1.82) is 0 Å². The first-order chi connectivity index (χ1) is 14.0. The minimum atomic E-state index is -0.529. The van der Waals surface area contributed by atoms with Crippen LogP contribution >= 0.6 is 23.4 Å². The van der Waals surface area contributed by atoms with E-state index in [4.69, 9.17) is 11.6 Å². The molecular weight excluding hydrogens is 412 g/mol. The number of rotatable bonds is 7. The van der Waals surface area contributed by atoms with Crippen LogP contribution in [-0.4, -0.2) is 46.3 Å². The number of halogens is 1. The van der Waals surface area contributed by atoms with Crippen LogP contribution in [0.15, 0.2) is 59.5 Å². The number of hydrogen-bond donors (Lipinski definition) is 2. The van der Waals surface area contributed by atoms with E-state index in [0.29, 0.717) is 17.0 Å². The first-order valence-corrected chi connectivity index (χ1v) is 10.1. The zero-order chi connectivity index (χ0) is 20.8. The molecule has 1 atom stereocenters. The van der Waals surface area contributed by atoms with E-state index in [0.717, 1.165) is 22.2 Å². The van der Waals surface area contributed by atoms with Gasteiger partial charge in [-0.1, -0.05) is 54.1 Å². The highest BCUT2D eigenvalue weighted by molar-refractivity contribution is 8.18. The van der Waals surface area contributed by atoms with Gasteiger partial charge in [-0.2, -0.15) is 0 Å². The molecule has 0 bridgehead atoms. The standard InChI is InChI=1S/C21H19ClN2O4S/c22-16-8-4-7-15(9-16)11-18-20(27)24(21(28)29-18)12-19(26)23-17(13-25)10-14-5-2-1-3-6-14/h1-9,11,17,25H,10,12-13H2,(H,23,26)/b18-11-/t17-/m0/s1. The molecule has 2 aromatic rings. The Kier molecular flexibility index (Phi) is 7.09. The van der Waals surface area contributed by atoms with Crippen molar-refractivity contribution in [2.24, 2.45) is 0 Å². The molecule has 0 spiro atoms. The Morgan fingerprint density at radius 2 is 1.93 bits per heavy atom. The molecule has 6 nitrogen and oxygen atoms in total. The molecule has 2 aromatic carbocycles. The van der Waals surface area contributed by atoms with Crippen LogP contribution in [0.1, 0.15) is 11.1 Å². The Morgan fingerprint density at radius 1 is 1.17 bits per heavy atom. The second-order valence-electron chi connectivity index (χ2n) is 6.46. The van der Waals surface area contributed by atoms with E-state index in [2.05, 4.69) is 5.32 Å². The summed E-state index contributed by atoms with van der Waals surface area (Å²) in [6.07, 6.45) is 2.01. The summed E-state index contributed by atoms with van der Waals surface area (Å²) >= 11 is 6.72. The lowest BCUT2D eigenvalue weighted by Gasteiger charge is -2.18. The fourth-order valence-corrected chi connectivity index (χ4v) is 3.90. The predicted octanol–water partition coefficient (Wildman–Crippen LogP) is 3.10. The quantitative estimate of drug-likeness (QED) is 0.659. The van der Waals surface area contributed by atoms with Gasteiger partial charge in [0.05, 0.1) is 17.6 Å². The van der Waals surface area contributed by atoms with Crippen LogP contribution in [0.4, 0.5) is 4.79 Å². The Bertz CT molecular complexity index is 949. The molecule has 1 heterocycles. The number of imide groups is 1. The van der Waals surface area contributed by atoms with E-state index in [1.54, 1.807) is 30.3 Å². The first-order valence-electron chi connectivity index (χ1n) is 8.91. The van der Waals surface area contributed by atoms with Gasteiger partial charge in [0.15, 0.2) is 0 Å². The molecule has 0 saturated carbocycles. The Hall–Kier alpha value is -2.61. The molecular formula is C21H19ClN2O4S. The molecule has 0 aliphatic carbocycles. The van der Waals surface area contributed by atoms with Crippen LogP contribution in [0, 0.1) is 0 Å². The predicted molar refractivity (Wildman–Crippen MR) is 113 cm³/mol. The summed E-state index contributed by atoms with van der Waals surface area (Å²) in [4.78, 5) is 38.2. The smallest absolute Gasteiger partial charge is 0.294 e. The van der Waals surface area contributed by atoms with Crippen LogP contribution in [0.5, 0.6) is 0 Å². The fourth-order valence-electron chi connectivity index (χ4n) is 2.86. The average Bonchev–Trinajstić information content (AvgIpc) is 2.95. The summed E-state index contributed by atoms with van der Waals surface area (Å²) in [5.41, 5.74) is 1.65. The molecule has 0 unspecified atom stereocenters. The third-order valence-electron chi connectivity index (χ3n) is 4.23. The van der Waals surface area contributed by atoms with E-state index >= 15 is 0 Å². The van der Waals surface area contributed by atoms with Crippen LogP contribution < -0.4 is 5.32 Å². The van der Waals surface area contributed by atoms with Gasteiger partial charge in [0.25, 0.3) is 11.1 Å². The van der Waals surface area contributed by atoms with Gasteiger partial charge >= 0.3 is 0 Å². The van der Waals surface area contributed by atoms with Crippen molar-refractivity contribution in [2.75, 3.05) is 13.2 Å². The van der Waals surface area contributed by atoms with Crippen LogP contribution in [0.25, 0.3) is 6.08 Å². The number of nitrogens with one attached hydrogen (secondary N) is 1. The van der Waals surface area contributed by atoms with Crippen LogP contribution in [0.3, 0.4) is 0 Å². The second kappa shape index (κ2) is 9.73. The maximum Gasteiger partial charge on any atom is 0.294 e. The fraction of sp³-hybridized carbons (Fsp3) is 0.190. The Labute approximate surface area is 177 Å². The summed E-state index contributed by atoms with van der Waals surface area (Å²) < 4.78 is 0. The second-order valence-corrected chi connectivity index (χ2v) is 7.89. The summed E-state index contributed by atoms with van der Waals surface area (Å²) in [5, 5.41) is 12.2. The van der Waals surface area contributed by atoms with E-state index in [9.17, 15) is 19.5 Å². The molecule has 29 heavy (non-hydrogen) atoms. The summed E-state index contributed by atoms with van der Waals surface area (Å²) in [6, 6.07) is 15.8. The molecule has 8 heteroatoms. The number of carbonyl (C=O) groups is 3. The molecule has 150 valence electrons. The van der Waals surface area contributed by atoms with Crippen LogP contribution in [-0.2, 0) is 16.0 Å². The van der Waals surface area contributed by atoms with Gasteiger partial charge in [-0.05, 0) is 47.5 Å². The number of hydrogen-bond acceptors (Lipinski definition) is 5. The van der Waals surface area contributed by atoms with Gasteiger partial charge in [0.2, 0.25) is 5.91 Å². The number of amides is 3. The number of benzene rings is 2. The molecule has 2 N–H and O–H groups in total. The molecule has 3 amide bonds. The highest BCUT2D eigenvalue weighted by Gasteiger charge is 2.36. The average molecular weight is 431 g/mol. The summed E-state index contributed by atoms with van der Waals surface area (Å²) in [6.45, 7) is -0.653. The van der Waals surface area contributed by atoms with Crippen molar-refractivity contribution < 1.29 is 19.5 Å². The molecule has 0 aromatic heterocycles. The number of nitrogens with zero attached hydrogens (tertiary/aromatic N) is 1. The van der Waals surface area contributed by atoms with Crippen molar-refractivity contribution >= 4 is 46.5 Å². The van der Waals surface area contributed by atoms with E-state index in [-0.39, 0.29) is 11.5 Å². The van der Waals surface area contributed by atoms with Gasteiger partial charge in [0, 0.05) is 5.02 Å². The topological polar surface area (TPSA) is 86.7 Å². The third kappa shape index (κ3) is 5.69. The van der Waals surface area contributed by atoms with E-state index in [1.165, 1.54) is 0 Å². The maximum atomic E-state index is 12.5. The first kappa shape index (κ1) is 21.1. The molecule has 1 saturated heterocycles. The van der Waals surface area contributed by atoms with Gasteiger partial charge < -0.3 is 10.4 Å². The van der Waals surface area contributed by atoms with Crippen molar-refractivity contribution in [3.05, 3.63) is 75.7 Å². The van der Waals surface area contributed by atoms with Gasteiger partial charge in [0.1, 0.15) is 6.54 Å². The Balaban J connectivity index is 1.62.